The summed E-state index contributed by atoms with van der Waals surface area (Å²) in [6.45, 7) is 8.75. The first kappa shape index (κ1) is 17.9. The molecule has 5 nitrogen and oxygen atoms in total. The number of nitrogens with zero attached hydrogens (tertiary/aromatic N) is 1. The number of hydrogen-bond acceptors (Lipinski definition) is 3. The van der Waals surface area contributed by atoms with E-state index in [-0.39, 0.29) is 35.7 Å². The number of amides is 2. The number of hydrogen-bond donors (Lipinski definition) is 2. The molecule has 25 heavy (non-hydrogen) atoms. The molecule has 2 N–H and O–H groups in total. The van der Waals surface area contributed by atoms with Crippen molar-refractivity contribution in [1.82, 2.24) is 15.5 Å². The van der Waals surface area contributed by atoms with Gasteiger partial charge >= 0.3 is 0 Å². The highest BCUT2D eigenvalue weighted by molar-refractivity contribution is 5.89. The molecule has 1 aromatic carbocycles. The van der Waals surface area contributed by atoms with Gasteiger partial charge in [0.1, 0.15) is 0 Å². The molecule has 0 bridgehead atoms. The normalized spacial score (nSPS) is 21.7. The topological polar surface area (TPSA) is 61.4 Å². The first-order valence-electron chi connectivity index (χ1n) is 9.20. The molecule has 1 fully saturated rings. The van der Waals surface area contributed by atoms with Gasteiger partial charge < -0.3 is 10.6 Å². The zero-order valence-electron chi connectivity index (χ0n) is 15.5. The fraction of sp³-hybridized carbons (Fsp3) is 0.600. The van der Waals surface area contributed by atoms with Crippen LogP contribution in [0.25, 0.3) is 0 Å². The van der Waals surface area contributed by atoms with Gasteiger partial charge in [0, 0.05) is 25.7 Å². The van der Waals surface area contributed by atoms with Gasteiger partial charge in [-0.15, -0.1) is 0 Å². The lowest BCUT2D eigenvalue weighted by Crippen LogP contribution is -2.58. The van der Waals surface area contributed by atoms with E-state index in [1.807, 2.05) is 12.1 Å². The molecule has 1 saturated heterocycles. The molecule has 2 amide bonds. The molecule has 3 rings (SSSR count). The van der Waals surface area contributed by atoms with Gasteiger partial charge in [-0.05, 0) is 29.4 Å². The van der Waals surface area contributed by atoms with Gasteiger partial charge in [0.2, 0.25) is 11.8 Å². The summed E-state index contributed by atoms with van der Waals surface area (Å²) < 4.78 is 0. The van der Waals surface area contributed by atoms with Gasteiger partial charge in [-0.3, -0.25) is 14.5 Å². The van der Waals surface area contributed by atoms with E-state index >= 15 is 0 Å². The Hall–Kier alpha value is -1.88. The maximum Gasteiger partial charge on any atom is 0.237 e. The second kappa shape index (κ2) is 7.16. The molecular formula is C20H29N3O2. The summed E-state index contributed by atoms with van der Waals surface area (Å²) in [5.41, 5.74) is 2.73. The third kappa shape index (κ3) is 4.60. The molecular weight excluding hydrogens is 314 g/mol. The molecule has 0 radical (unpaired) electrons. The third-order valence-electron chi connectivity index (χ3n) is 4.91. The summed E-state index contributed by atoms with van der Waals surface area (Å²) >= 11 is 0. The first-order chi connectivity index (χ1) is 11.8. The Kier molecular flexibility index (Phi) is 5.13. The van der Waals surface area contributed by atoms with E-state index in [1.165, 1.54) is 11.1 Å². The highest BCUT2D eigenvalue weighted by atomic mass is 16.2. The van der Waals surface area contributed by atoms with Crippen LogP contribution in [0.2, 0.25) is 0 Å². The molecule has 0 saturated carbocycles. The van der Waals surface area contributed by atoms with Crippen LogP contribution in [0, 0.1) is 5.41 Å². The molecule has 136 valence electrons. The molecule has 1 aliphatic carbocycles. The number of rotatable bonds is 4. The predicted octanol–water partition coefficient (Wildman–Crippen LogP) is 1.51. The number of carbonyl (C=O) groups is 2. The lowest BCUT2D eigenvalue weighted by molar-refractivity contribution is -0.134. The lowest BCUT2D eigenvalue weighted by Gasteiger charge is -2.38. The van der Waals surface area contributed by atoms with Crippen molar-refractivity contribution in [3.8, 4) is 0 Å². The van der Waals surface area contributed by atoms with Crippen LogP contribution in [-0.2, 0) is 22.4 Å². The van der Waals surface area contributed by atoms with Gasteiger partial charge in [0.25, 0.3) is 0 Å². The number of nitrogens with one attached hydrogen (secondary N) is 2. The van der Waals surface area contributed by atoms with Crippen molar-refractivity contribution in [3.63, 3.8) is 0 Å². The van der Waals surface area contributed by atoms with Crippen LogP contribution in [0.5, 0.6) is 0 Å². The summed E-state index contributed by atoms with van der Waals surface area (Å²) in [5, 5.41) is 6.03. The molecule has 1 aliphatic heterocycles. The zero-order chi connectivity index (χ0) is 18.0. The van der Waals surface area contributed by atoms with Gasteiger partial charge in [-0.1, -0.05) is 45.0 Å². The van der Waals surface area contributed by atoms with E-state index in [4.69, 9.17) is 0 Å². The number of piperazine rings is 1. The maximum atomic E-state index is 12.6. The third-order valence-corrected chi connectivity index (χ3v) is 4.91. The number of carbonyl (C=O) groups excluding carboxylic acids is 2. The van der Waals surface area contributed by atoms with Crippen molar-refractivity contribution in [2.75, 3.05) is 19.6 Å². The second-order valence-electron chi connectivity index (χ2n) is 8.48. The highest BCUT2D eigenvalue weighted by Crippen LogP contribution is 2.23. The largest absolute Gasteiger partial charge is 0.353 e. The van der Waals surface area contributed by atoms with Crippen LogP contribution in [0.4, 0.5) is 0 Å². The summed E-state index contributed by atoms with van der Waals surface area (Å²) in [6.07, 6.45) is 1.99. The van der Waals surface area contributed by atoms with Crippen LogP contribution in [0.15, 0.2) is 24.3 Å². The lowest BCUT2D eigenvalue weighted by atomic mass is 9.94. The van der Waals surface area contributed by atoms with Crippen LogP contribution in [0.1, 0.15) is 38.3 Å². The zero-order valence-corrected chi connectivity index (χ0v) is 15.5. The van der Waals surface area contributed by atoms with E-state index < -0.39 is 0 Å². The smallest absolute Gasteiger partial charge is 0.237 e. The molecule has 5 heteroatoms. The Morgan fingerprint density at radius 2 is 1.88 bits per heavy atom. The second-order valence-corrected chi connectivity index (χ2v) is 8.48. The minimum atomic E-state index is -0.364. The minimum Gasteiger partial charge on any atom is -0.353 e. The van der Waals surface area contributed by atoms with Crippen LogP contribution in [-0.4, -0.2) is 48.4 Å². The molecule has 1 heterocycles. The van der Waals surface area contributed by atoms with E-state index in [0.717, 1.165) is 25.9 Å². The molecule has 1 aromatic rings. The average molecular weight is 343 g/mol. The van der Waals surface area contributed by atoms with Gasteiger partial charge in [-0.25, -0.2) is 0 Å². The number of benzene rings is 1. The van der Waals surface area contributed by atoms with Gasteiger partial charge in [0.15, 0.2) is 0 Å². The Bertz CT molecular complexity index is 626. The molecule has 0 aromatic heterocycles. The maximum absolute atomic E-state index is 12.6. The quantitative estimate of drug-likeness (QED) is 0.871. The molecule has 2 aliphatic rings. The fourth-order valence-corrected chi connectivity index (χ4v) is 3.91. The summed E-state index contributed by atoms with van der Waals surface area (Å²) in [5.74, 6) is -0.0564. The van der Waals surface area contributed by atoms with Crippen molar-refractivity contribution in [2.24, 2.45) is 5.41 Å². The van der Waals surface area contributed by atoms with E-state index in [2.05, 4.69) is 48.4 Å². The van der Waals surface area contributed by atoms with E-state index in [9.17, 15) is 9.59 Å². The summed E-state index contributed by atoms with van der Waals surface area (Å²) in [6, 6.07) is 8.12. The standard InChI is InChI=1S/C20H29N3O2/c1-20(2,3)13-23-9-8-21-19(25)17(23)12-18(24)22-16-10-14-6-4-5-7-15(14)11-16/h4-7,16-17H,8-13H2,1-3H3,(H,21,25)(H,22,24)/t17-/m0/s1. The predicted molar refractivity (Wildman–Crippen MR) is 98.2 cm³/mol. The van der Waals surface area contributed by atoms with Gasteiger partial charge in [0.05, 0.1) is 12.5 Å². The SMILES string of the molecule is CC(C)(C)CN1CCNC(=O)[C@@H]1CC(=O)NC1Cc2ccccc2C1. The average Bonchev–Trinajstić information content (AvgIpc) is 2.91. The Labute approximate surface area is 150 Å². The Morgan fingerprint density at radius 1 is 1.24 bits per heavy atom. The van der Waals surface area contributed by atoms with Crippen molar-refractivity contribution < 1.29 is 9.59 Å². The monoisotopic (exact) mass is 343 g/mol. The van der Waals surface area contributed by atoms with Crippen molar-refractivity contribution in [3.05, 3.63) is 35.4 Å². The Morgan fingerprint density at radius 3 is 2.48 bits per heavy atom. The molecule has 0 spiro atoms. The van der Waals surface area contributed by atoms with Gasteiger partial charge in [-0.2, -0.15) is 0 Å². The summed E-state index contributed by atoms with van der Waals surface area (Å²) in [7, 11) is 0. The highest BCUT2D eigenvalue weighted by Gasteiger charge is 2.34. The molecule has 1 atom stereocenters. The van der Waals surface area contributed by atoms with Crippen molar-refractivity contribution in [1.29, 1.82) is 0 Å². The molecule has 0 unspecified atom stereocenters. The van der Waals surface area contributed by atoms with E-state index in [1.54, 1.807) is 0 Å². The number of fused-ring (bicyclic) bond motifs is 1. The van der Waals surface area contributed by atoms with Crippen molar-refractivity contribution >= 4 is 11.8 Å². The van der Waals surface area contributed by atoms with Crippen LogP contribution in [0.3, 0.4) is 0 Å². The fourth-order valence-electron chi connectivity index (χ4n) is 3.91. The first-order valence-corrected chi connectivity index (χ1v) is 9.20. The van der Waals surface area contributed by atoms with Crippen molar-refractivity contribution in [2.45, 2.75) is 52.1 Å². The van der Waals surface area contributed by atoms with Crippen LogP contribution < -0.4 is 10.6 Å². The Balaban J connectivity index is 1.58. The minimum absolute atomic E-state index is 0.0274. The van der Waals surface area contributed by atoms with E-state index in [0.29, 0.717) is 6.54 Å². The summed E-state index contributed by atoms with van der Waals surface area (Å²) in [4.78, 5) is 27.0. The van der Waals surface area contributed by atoms with Crippen LogP contribution >= 0.6 is 0 Å².